The van der Waals surface area contributed by atoms with E-state index < -0.39 is 0 Å². The summed E-state index contributed by atoms with van der Waals surface area (Å²) in [6.07, 6.45) is 5.39. The van der Waals surface area contributed by atoms with Crippen LogP contribution in [0.5, 0.6) is 23.0 Å². The minimum absolute atomic E-state index is 0.0317. The second-order valence-electron chi connectivity index (χ2n) is 19.9. The number of fused-ring (bicyclic) bond motifs is 15. The molecule has 356 valence electrons. The van der Waals surface area contributed by atoms with Gasteiger partial charge in [0.25, 0.3) is 0 Å². The zero-order valence-electron chi connectivity index (χ0n) is 40.8. The van der Waals surface area contributed by atoms with Crippen molar-refractivity contribution < 1.29 is 18.9 Å². The van der Waals surface area contributed by atoms with E-state index in [1.54, 1.807) is 0 Å². The molecule has 0 atom stereocenters. The van der Waals surface area contributed by atoms with Crippen LogP contribution in [0.3, 0.4) is 0 Å². The molecule has 0 saturated heterocycles. The first-order valence-corrected chi connectivity index (χ1v) is 25.5. The summed E-state index contributed by atoms with van der Waals surface area (Å²) in [7, 11) is 0. The van der Waals surface area contributed by atoms with Crippen LogP contribution >= 0.6 is 0 Å². The largest absolute Gasteiger partial charge is 0.455 e. The molecule has 0 fully saturated rings. The lowest BCUT2D eigenvalue weighted by atomic mass is 9.90. The van der Waals surface area contributed by atoms with Crippen molar-refractivity contribution in [1.29, 1.82) is 0 Å². The number of benzene rings is 6. The van der Waals surface area contributed by atoms with Gasteiger partial charge in [-0.15, -0.1) is 0 Å². The maximum atomic E-state index is 6.45. The molecule has 0 spiro atoms. The number of rotatable bonds is 8. The number of aromatic nitrogens is 6. The van der Waals surface area contributed by atoms with E-state index >= 15 is 0 Å². The summed E-state index contributed by atoms with van der Waals surface area (Å²) in [5.41, 5.74) is 19.9. The van der Waals surface area contributed by atoms with Gasteiger partial charge in [0.2, 0.25) is 13.6 Å². The second-order valence-corrected chi connectivity index (χ2v) is 19.9. The van der Waals surface area contributed by atoms with Crippen molar-refractivity contribution in [2.45, 2.75) is 52.4 Å². The van der Waals surface area contributed by atoms with Crippen molar-refractivity contribution in [1.82, 2.24) is 29.9 Å². The lowest BCUT2D eigenvalue weighted by Crippen LogP contribution is -2.11. The lowest BCUT2D eigenvalue weighted by Gasteiger charge is -2.21. The van der Waals surface area contributed by atoms with E-state index in [1.807, 2.05) is 48.5 Å². The van der Waals surface area contributed by atoms with Gasteiger partial charge < -0.3 is 18.9 Å². The smallest absolute Gasteiger partial charge is 0.231 e. The lowest BCUT2D eigenvalue weighted by molar-refractivity contribution is 0.122. The molecule has 0 aliphatic heterocycles. The van der Waals surface area contributed by atoms with E-state index in [-0.39, 0.29) is 13.6 Å². The molecule has 0 radical (unpaired) electrons. The first kappa shape index (κ1) is 42.6. The Balaban J connectivity index is 0.703. The molecule has 0 bridgehead atoms. The molecule has 0 amide bonds. The minimum atomic E-state index is -0.0317. The highest BCUT2D eigenvalue weighted by Crippen LogP contribution is 2.41. The maximum absolute atomic E-state index is 6.45. The highest BCUT2D eigenvalue weighted by molar-refractivity contribution is 5.95. The van der Waals surface area contributed by atoms with Gasteiger partial charge in [-0.25, -0.2) is 29.9 Å². The first-order chi connectivity index (χ1) is 36.4. The molecule has 6 aromatic carbocycles. The van der Waals surface area contributed by atoms with E-state index in [2.05, 4.69) is 111 Å². The van der Waals surface area contributed by atoms with E-state index in [1.165, 1.54) is 22.3 Å². The number of para-hydroxylation sites is 6. The van der Waals surface area contributed by atoms with Crippen LogP contribution in [0.15, 0.2) is 146 Å². The van der Waals surface area contributed by atoms with Gasteiger partial charge in [0.05, 0.1) is 45.2 Å². The first-order valence-electron chi connectivity index (χ1n) is 25.5. The second kappa shape index (κ2) is 16.8. The molecule has 74 heavy (non-hydrogen) atoms. The van der Waals surface area contributed by atoms with Crippen molar-refractivity contribution in [3.8, 4) is 57.2 Å². The quantitative estimate of drug-likeness (QED) is 0.136. The van der Waals surface area contributed by atoms with Gasteiger partial charge in [-0.2, -0.15) is 0 Å². The zero-order valence-corrected chi connectivity index (χ0v) is 40.8. The minimum Gasteiger partial charge on any atom is -0.455 e. The average molecular weight is 963 g/mol. The van der Waals surface area contributed by atoms with Crippen LogP contribution in [-0.4, -0.2) is 43.5 Å². The molecule has 0 N–H and O–H groups in total. The number of aryl methyl sites for hydroxylation is 8. The summed E-state index contributed by atoms with van der Waals surface area (Å²) in [4.78, 5) is 31.5. The number of hydrogen-bond donors (Lipinski definition) is 0. The molecule has 3 aliphatic carbocycles. The van der Waals surface area contributed by atoms with Crippen molar-refractivity contribution in [2.75, 3.05) is 13.6 Å². The normalized spacial score (nSPS) is 13.3. The summed E-state index contributed by atoms with van der Waals surface area (Å²) >= 11 is 0. The molecule has 10 heteroatoms. The van der Waals surface area contributed by atoms with Crippen LogP contribution in [0.1, 0.15) is 44.5 Å². The summed E-state index contributed by atoms with van der Waals surface area (Å²) in [6, 6.07) is 50.3. The van der Waals surface area contributed by atoms with Crippen LogP contribution in [0.2, 0.25) is 0 Å². The molecule has 10 nitrogen and oxygen atoms in total. The van der Waals surface area contributed by atoms with Gasteiger partial charge >= 0.3 is 0 Å². The molecular weight excluding hydrogens is 917 g/mol. The van der Waals surface area contributed by atoms with Crippen LogP contribution in [0, 0.1) is 13.8 Å². The highest BCUT2D eigenvalue weighted by atomic mass is 16.7. The fraction of sp³-hybridized carbons (Fsp3) is 0.156. The Hall–Kier alpha value is -9.02. The predicted octanol–water partition coefficient (Wildman–Crippen LogP) is 13.7. The topological polar surface area (TPSA) is 114 Å². The van der Waals surface area contributed by atoms with Crippen molar-refractivity contribution in [2.24, 2.45) is 0 Å². The van der Waals surface area contributed by atoms with Gasteiger partial charge in [0.1, 0.15) is 45.1 Å². The SMILES string of the molecule is Cc1cccc2cc3c(nc12)-c1nc2c(OCOc4cccc5cc6c(nc45)-c4nc5c(OCOc7cccc8cc9c(nc78)-c7nc8c(C)cccc8cc7CC9)cccc5cc4CC6)cccc2cc1CC3. The molecular formula is C64H46N6O4. The van der Waals surface area contributed by atoms with Crippen LogP contribution in [0.25, 0.3) is 99.6 Å². The van der Waals surface area contributed by atoms with Crippen LogP contribution in [0.4, 0.5) is 0 Å². The fourth-order valence-corrected chi connectivity index (χ4v) is 11.6. The van der Waals surface area contributed by atoms with E-state index in [0.29, 0.717) is 23.0 Å². The number of nitrogens with zero attached hydrogens (tertiary/aromatic N) is 6. The van der Waals surface area contributed by atoms with Crippen LogP contribution in [-0.2, 0) is 38.5 Å². The number of pyridine rings is 6. The summed E-state index contributed by atoms with van der Waals surface area (Å²) in [5.74, 6) is 2.54. The predicted molar refractivity (Wildman–Crippen MR) is 291 cm³/mol. The molecule has 12 aromatic rings. The van der Waals surface area contributed by atoms with Crippen molar-refractivity contribution >= 4 is 65.4 Å². The summed E-state index contributed by atoms with van der Waals surface area (Å²) < 4.78 is 25.8. The Morgan fingerprint density at radius 1 is 0.284 bits per heavy atom. The van der Waals surface area contributed by atoms with Crippen molar-refractivity contribution in [3.05, 3.63) is 190 Å². The van der Waals surface area contributed by atoms with E-state index in [9.17, 15) is 0 Å². The molecule has 6 aromatic heterocycles. The Morgan fingerprint density at radius 3 is 0.757 bits per heavy atom. The van der Waals surface area contributed by atoms with Gasteiger partial charge in [-0.05, 0) is 158 Å². The Labute approximate surface area is 425 Å². The molecule has 0 unspecified atom stereocenters. The van der Waals surface area contributed by atoms with E-state index in [4.69, 9.17) is 48.9 Å². The van der Waals surface area contributed by atoms with Gasteiger partial charge in [-0.1, -0.05) is 84.9 Å². The monoisotopic (exact) mass is 962 g/mol. The van der Waals surface area contributed by atoms with Gasteiger partial charge in [0.15, 0.2) is 0 Å². The summed E-state index contributed by atoms with van der Waals surface area (Å²) in [5, 5.41) is 6.35. The third-order valence-electron chi connectivity index (χ3n) is 15.3. The Kier molecular flexibility index (Phi) is 9.67. The van der Waals surface area contributed by atoms with Crippen molar-refractivity contribution in [3.63, 3.8) is 0 Å². The molecule has 3 aliphatic rings. The Bertz CT molecular complexity index is 4100. The highest BCUT2D eigenvalue weighted by Gasteiger charge is 2.26. The standard InChI is InChI=1S/C64H46N6O4/c1-35-9-3-11-37-27-43-21-23-45-29-39-13-5-17-49(55(39)67-61(45)59(43)65-53(35)37)71-33-73-51-19-7-15-41-31-47-25-26-48-32-42-16-8-20-52(58(42)70-64(48)63(47)69-57(41)51)74-34-72-50-18-6-14-40-30-46-24-22-44-28-38-12-4-10-36(2)54(38)66-60(44)62(46)68-56(40)50/h3-20,27-32H,21-26,33-34H2,1-2H3. The fourth-order valence-electron chi connectivity index (χ4n) is 11.6. The number of ether oxygens (including phenoxy) is 4. The average Bonchev–Trinajstić information content (AvgIpc) is 3.43. The zero-order chi connectivity index (χ0) is 49.0. The maximum Gasteiger partial charge on any atom is 0.231 e. The number of hydrogen-bond acceptors (Lipinski definition) is 10. The molecule has 0 saturated carbocycles. The summed E-state index contributed by atoms with van der Waals surface area (Å²) in [6.45, 7) is 4.16. The van der Waals surface area contributed by atoms with Gasteiger partial charge in [-0.3, -0.25) is 0 Å². The molecule has 15 rings (SSSR count). The Morgan fingerprint density at radius 2 is 0.500 bits per heavy atom. The van der Waals surface area contributed by atoms with E-state index in [0.717, 1.165) is 160 Å². The molecule has 6 heterocycles. The third-order valence-corrected chi connectivity index (χ3v) is 15.3. The third kappa shape index (κ3) is 6.99. The van der Waals surface area contributed by atoms with Crippen LogP contribution < -0.4 is 18.9 Å². The van der Waals surface area contributed by atoms with Gasteiger partial charge in [0, 0.05) is 32.3 Å².